The van der Waals surface area contributed by atoms with Crippen molar-refractivity contribution in [2.75, 3.05) is 31.6 Å². The minimum Gasteiger partial charge on any atom is -0.492 e. The van der Waals surface area contributed by atoms with Crippen LogP contribution in [0.2, 0.25) is 0 Å². The molecule has 2 fully saturated rings. The van der Waals surface area contributed by atoms with Crippen molar-refractivity contribution in [2.24, 2.45) is 0 Å². The number of rotatable bonds is 9. The van der Waals surface area contributed by atoms with E-state index in [4.69, 9.17) is 4.74 Å². The molecule has 0 spiro atoms. The molecular weight excluding hydrogens is 471 g/mol. The van der Waals surface area contributed by atoms with Crippen LogP contribution in [0.3, 0.4) is 0 Å². The van der Waals surface area contributed by atoms with E-state index in [9.17, 15) is 4.79 Å². The van der Waals surface area contributed by atoms with Gasteiger partial charge in [-0.1, -0.05) is 12.1 Å². The quantitative estimate of drug-likeness (QED) is 0.336. The lowest BCUT2D eigenvalue weighted by molar-refractivity contribution is 0.147. The number of aromatic nitrogens is 3. The van der Waals surface area contributed by atoms with Crippen molar-refractivity contribution in [1.82, 2.24) is 25.0 Å². The fraction of sp³-hybridized carbons (Fsp3) is 0.321. The largest absolute Gasteiger partial charge is 0.492 e. The molecule has 1 aliphatic heterocycles. The number of pyridine rings is 1. The van der Waals surface area contributed by atoms with E-state index >= 15 is 4.39 Å². The number of halogens is 1. The third kappa shape index (κ3) is 5.27. The number of benzene rings is 2. The predicted molar refractivity (Wildman–Crippen MR) is 140 cm³/mol. The average molecular weight is 501 g/mol. The molecule has 0 unspecified atom stereocenters. The molecule has 8 nitrogen and oxygen atoms in total. The van der Waals surface area contributed by atoms with Crippen LogP contribution in [-0.2, 0) is 6.54 Å². The zero-order chi connectivity index (χ0) is 25.2. The summed E-state index contributed by atoms with van der Waals surface area (Å²) in [6.07, 6.45) is 6.45. The number of nitrogens with one attached hydrogen (secondary N) is 2. The van der Waals surface area contributed by atoms with Gasteiger partial charge in [0.25, 0.3) is 0 Å². The van der Waals surface area contributed by atoms with Crippen molar-refractivity contribution in [3.63, 3.8) is 0 Å². The van der Waals surface area contributed by atoms with Crippen LogP contribution < -0.4 is 10.1 Å². The van der Waals surface area contributed by atoms with E-state index in [0.717, 1.165) is 49.2 Å². The van der Waals surface area contributed by atoms with Gasteiger partial charge in [0, 0.05) is 42.0 Å². The van der Waals surface area contributed by atoms with Crippen molar-refractivity contribution < 1.29 is 13.9 Å². The average Bonchev–Trinajstić information content (AvgIpc) is 3.59. The summed E-state index contributed by atoms with van der Waals surface area (Å²) in [5, 5.41) is 10.4. The molecule has 2 aromatic heterocycles. The number of nitrogens with zero attached hydrogens (tertiary/aromatic N) is 4. The summed E-state index contributed by atoms with van der Waals surface area (Å²) in [6.45, 7) is 4.36. The Morgan fingerprint density at radius 2 is 2.05 bits per heavy atom. The van der Waals surface area contributed by atoms with Crippen molar-refractivity contribution in [3.8, 4) is 16.9 Å². The molecule has 0 radical (unpaired) electrons. The number of carbonyl (C=O) groups excluding carboxylic acids is 1. The van der Waals surface area contributed by atoms with Crippen LogP contribution in [0, 0.1) is 5.82 Å². The van der Waals surface area contributed by atoms with Crippen LogP contribution in [0.25, 0.3) is 22.2 Å². The highest BCUT2D eigenvalue weighted by Crippen LogP contribution is 2.32. The molecule has 2 N–H and O–H groups in total. The molecule has 0 bridgehead atoms. The summed E-state index contributed by atoms with van der Waals surface area (Å²) in [6, 6.07) is 14.4. The number of hydrogen-bond acceptors (Lipinski definition) is 5. The molecule has 1 saturated heterocycles. The van der Waals surface area contributed by atoms with Crippen molar-refractivity contribution in [3.05, 3.63) is 72.3 Å². The first-order valence-electron chi connectivity index (χ1n) is 12.7. The third-order valence-electron chi connectivity index (χ3n) is 6.99. The standard InChI is InChI=1S/C28H29FN6O2/c29-26-16-20(5-8-24(26)23-9-10-30-27-25(23)17-31-33-27)32-28(36)35(21-6-7-21)18-19-3-1-4-22(15-19)37-14-13-34-11-2-12-34/h1,3-5,8-10,15-17,21H,2,6-7,11-14,18H2,(H,32,36)(H,30,31,33). The molecule has 2 aliphatic rings. The van der Waals surface area contributed by atoms with Gasteiger partial charge in [0.1, 0.15) is 18.2 Å². The Bertz CT molecular complexity index is 1410. The Labute approximate surface area is 214 Å². The fourth-order valence-electron chi connectivity index (χ4n) is 4.67. The summed E-state index contributed by atoms with van der Waals surface area (Å²) in [7, 11) is 0. The predicted octanol–water partition coefficient (Wildman–Crippen LogP) is 5.05. The van der Waals surface area contributed by atoms with Crippen molar-refractivity contribution in [2.45, 2.75) is 31.8 Å². The SMILES string of the molecule is O=C(Nc1ccc(-c2ccnc3[nH]ncc23)c(F)c1)N(Cc1cccc(OCCN2CCC2)c1)C1CC1. The smallest absolute Gasteiger partial charge is 0.322 e. The molecule has 0 atom stereocenters. The van der Waals surface area contributed by atoms with Crippen LogP contribution in [0.4, 0.5) is 14.9 Å². The molecule has 3 heterocycles. The van der Waals surface area contributed by atoms with E-state index in [0.29, 0.717) is 35.6 Å². The van der Waals surface area contributed by atoms with Gasteiger partial charge in [-0.25, -0.2) is 14.2 Å². The molecule has 1 aliphatic carbocycles. The van der Waals surface area contributed by atoms with Crippen molar-refractivity contribution in [1.29, 1.82) is 0 Å². The van der Waals surface area contributed by atoms with Gasteiger partial charge in [0.05, 0.1) is 6.20 Å². The van der Waals surface area contributed by atoms with Gasteiger partial charge in [-0.3, -0.25) is 10.00 Å². The van der Waals surface area contributed by atoms with E-state index in [1.165, 1.54) is 12.5 Å². The normalized spacial score (nSPS) is 15.4. The molecule has 4 aromatic rings. The maximum absolute atomic E-state index is 15.1. The van der Waals surface area contributed by atoms with Gasteiger partial charge in [-0.05, 0) is 79.9 Å². The molecule has 9 heteroatoms. The lowest BCUT2D eigenvalue weighted by Crippen LogP contribution is -2.39. The summed E-state index contributed by atoms with van der Waals surface area (Å²) in [5.41, 5.74) is 3.14. The van der Waals surface area contributed by atoms with E-state index in [1.54, 1.807) is 30.6 Å². The van der Waals surface area contributed by atoms with Crippen LogP contribution in [-0.4, -0.2) is 63.3 Å². The summed E-state index contributed by atoms with van der Waals surface area (Å²) in [5.74, 6) is 0.391. The monoisotopic (exact) mass is 500 g/mol. The maximum Gasteiger partial charge on any atom is 0.322 e. The number of amides is 2. The third-order valence-corrected chi connectivity index (χ3v) is 6.99. The number of aromatic amines is 1. The van der Waals surface area contributed by atoms with Crippen LogP contribution in [0.5, 0.6) is 5.75 Å². The van der Waals surface area contributed by atoms with Gasteiger partial charge in [-0.2, -0.15) is 5.10 Å². The number of H-pyrrole nitrogens is 1. The second-order valence-corrected chi connectivity index (χ2v) is 9.67. The number of ether oxygens (including phenoxy) is 1. The highest BCUT2D eigenvalue weighted by molar-refractivity contribution is 5.93. The fourth-order valence-corrected chi connectivity index (χ4v) is 4.67. The highest BCUT2D eigenvalue weighted by atomic mass is 19.1. The number of likely N-dealkylation sites (tertiary alicyclic amines) is 1. The number of fused-ring (bicyclic) bond motifs is 1. The maximum atomic E-state index is 15.1. The minimum absolute atomic E-state index is 0.186. The van der Waals surface area contributed by atoms with Crippen molar-refractivity contribution >= 4 is 22.8 Å². The highest BCUT2D eigenvalue weighted by Gasteiger charge is 2.33. The molecule has 2 amide bonds. The van der Waals surface area contributed by atoms with E-state index < -0.39 is 5.82 Å². The van der Waals surface area contributed by atoms with Crippen LogP contribution in [0.15, 0.2) is 60.9 Å². The van der Waals surface area contributed by atoms with E-state index in [2.05, 4.69) is 25.4 Å². The van der Waals surface area contributed by atoms with Crippen LogP contribution >= 0.6 is 0 Å². The Hall–Kier alpha value is -3.98. The Balaban J connectivity index is 1.12. The van der Waals surface area contributed by atoms with Gasteiger partial charge in [0.2, 0.25) is 0 Å². The first-order chi connectivity index (χ1) is 18.1. The minimum atomic E-state index is -0.424. The molecule has 2 aromatic carbocycles. The lowest BCUT2D eigenvalue weighted by atomic mass is 10.0. The molecule has 6 rings (SSSR count). The Morgan fingerprint density at radius 3 is 2.84 bits per heavy atom. The van der Waals surface area contributed by atoms with E-state index in [-0.39, 0.29) is 12.1 Å². The van der Waals surface area contributed by atoms with Gasteiger partial charge in [0.15, 0.2) is 5.65 Å². The summed E-state index contributed by atoms with van der Waals surface area (Å²) in [4.78, 5) is 21.6. The first-order valence-corrected chi connectivity index (χ1v) is 12.7. The molecule has 37 heavy (non-hydrogen) atoms. The number of hydrogen-bond donors (Lipinski definition) is 2. The first kappa shape index (κ1) is 23.4. The summed E-state index contributed by atoms with van der Waals surface area (Å²) >= 11 is 0. The van der Waals surface area contributed by atoms with E-state index in [1.807, 2.05) is 29.2 Å². The van der Waals surface area contributed by atoms with Crippen LogP contribution in [0.1, 0.15) is 24.8 Å². The zero-order valence-electron chi connectivity index (χ0n) is 20.5. The number of carbonyl (C=O) groups is 1. The topological polar surface area (TPSA) is 86.4 Å². The van der Waals surface area contributed by atoms with Gasteiger partial charge >= 0.3 is 6.03 Å². The second-order valence-electron chi connectivity index (χ2n) is 9.67. The number of anilines is 1. The molecule has 190 valence electrons. The Morgan fingerprint density at radius 1 is 1.16 bits per heavy atom. The van der Waals surface area contributed by atoms with Gasteiger partial charge < -0.3 is 15.0 Å². The second kappa shape index (κ2) is 10.2. The zero-order valence-corrected chi connectivity index (χ0v) is 20.5. The summed E-state index contributed by atoms with van der Waals surface area (Å²) < 4.78 is 21.1. The molecule has 1 saturated carbocycles. The molecular formula is C28H29FN6O2. The lowest BCUT2D eigenvalue weighted by Gasteiger charge is -2.30. The van der Waals surface area contributed by atoms with Gasteiger partial charge in [-0.15, -0.1) is 0 Å². The number of urea groups is 1. The Kier molecular flexibility index (Phi) is 6.44.